The Bertz CT molecular complexity index is 549. The fraction of sp³-hybridized carbons (Fsp3) is 0.750. The normalized spacial score (nSPS) is 15.2. The van der Waals surface area contributed by atoms with Crippen LogP contribution in [0, 0.1) is 5.92 Å². The predicted octanol–water partition coefficient (Wildman–Crippen LogP) is -1.82. The maximum absolute atomic E-state index is 12.7. The van der Waals surface area contributed by atoms with E-state index in [4.69, 9.17) is 15.9 Å². The van der Waals surface area contributed by atoms with Gasteiger partial charge in [0.25, 0.3) is 0 Å². The summed E-state index contributed by atoms with van der Waals surface area (Å²) in [5.74, 6) is -3.06. The summed E-state index contributed by atoms with van der Waals surface area (Å²) in [5, 5.41) is 25.4. The zero-order valence-corrected chi connectivity index (χ0v) is 17.9. The van der Waals surface area contributed by atoms with Crippen LogP contribution in [0.15, 0.2) is 0 Å². The van der Waals surface area contributed by atoms with Gasteiger partial charge in [-0.05, 0) is 24.3 Å². The van der Waals surface area contributed by atoms with E-state index >= 15 is 0 Å². The molecule has 0 heterocycles. The van der Waals surface area contributed by atoms with Gasteiger partial charge in [0.2, 0.25) is 17.7 Å². The Morgan fingerprint density at radius 3 is 2.04 bits per heavy atom. The van der Waals surface area contributed by atoms with Crippen molar-refractivity contribution in [3.05, 3.63) is 0 Å². The molecule has 162 valence electrons. The maximum atomic E-state index is 12.7. The molecule has 0 rings (SSSR count). The third-order valence-corrected chi connectivity index (χ3v) is 4.83. The number of aliphatic carboxylic acids is 1. The molecule has 4 unspecified atom stereocenters. The van der Waals surface area contributed by atoms with Crippen molar-refractivity contribution in [1.29, 1.82) is 0 Å². The molecule has 0 aliphatic carbocycles. The van der Waals surface area contributed by atoms with Gasteiger partial charge < -0.3 is 31.9 Å². The molecule has 0 aromatic carbocycles. The molecule has 0 radical (unpaired) electrons. The number of aliphatic hydroxyl groups excluding tert-OH is 1. The number of rotatable bonds is 13. The maximum Gasteiger partial charge on any atom is 0.327 e. The topological polar surface area (TPSA) is 171 Å². The number of carboxylic acid groups (broad SMARTS) is 1. The van der Waals surface area contributed by atoms with Crippen molar-refractivity contribution >= 4 is 48.1 Å². The fourth-order valence-electron chi connectivity index (χ4n) is 2.10. The van der Waals surface area contributed by atoms with Crippen molar-refractivity contribution in [2.45, 2.75) is 44.4 Å². The Hall–Kier alpha value is -1.50. The largest absolute Gasteiger partial charge is 0.480 e. The third kappa shape index (κ3) is 9.13. The Labute approximate surface area is 174 Å². The minimum absolute atomic E-state index is 0.106. The number of hydrogen-bond donors (Lipinski definition) is 7. The lowest BCUT2D eigenvalue weighted by Crippen LogP contribution is -2.59. The van der Waals surface area contributed by atoms with Gasteiger partial charge in [-0.2, -0.15) is 24.4 Å². The van der Waals surface area contributed by atoms with E-state index in [1.54, 1.807) is 13.8 Å². The SMILES string of the molecule is CSCCC(NC(=O)C(N)CO)C(=O)NC(C(=O)NC(CS)C(=O)O)C(C)C. The van der Waals surface area contributed by atoms with Crippen LogP contribution in [0.25, 0.3) is 0 Å². The molecule has 0 aliphatic rings. The highest BCUT2D eigenvalue weighted by atomic mass is 32.2. The number of hydrogen-bond acceptors (Lipinski definition) is 8. The highest BCUT2D eigenvalue weighted by molar-refractivity contribution is 7.98. The van der Waals surface area contributed by atoms with Crippen LogP contribution in [0.3, 0.4) is 0 Å². The second-order valence-corrected chi connectivity index (χ2v) is 7.79. The minimum atomic E-state index is -1.24. The molecule has 0 spiro atoms. The molecular weight excluding hydrogens is 408 g/mol. The second kappa shape index (κ2) is 13.6. The number of aliphatic hydroxyl groups is 1. The molecular formula is C16H30N4O6S2. The van der Waals surface area contributed by atoms with E-state index in [9.17, 15) is 19.2 Å². The summed E-state index contributed by atoms with van der Waals surface area (Å²) < 4.78 is 0. The highest BCUT2D eigenvalue weighted by Gasteiger charge is 2.31. The number of thiol groups is 1. The van der Waals surface area contributed by atoms with Gasteiger partial charge in [0.15, 0.2) is 0 Å². The lowest BCUT2D eigenvalue weighted by atomic mass is 10.0. The standard InChI is InChI=1S/C16H30N4O6S2/c1-8(2)12(15(24)19-11(7-27)16(25)26)20-14(23)10(4-5-28-3)18-13(22)9(17)6-21/h8-12,21,27H,4-7,17H2,1-3H3,(H,18,22)(H,19,24)(H,20,23)(H,25,26). The number of nitrogens with two attached hydrogens (primary N) is 1. The van der Waals surface area contributed by atoms with Gasteiger partial charge >= 0.3 is 5.97 Å². The van der Waals surface area contributed by atoms with E-state index in [0.29, 0.717) is 5.75 Å². The van der Waals surface area contributed by atoms with E-state index in [2.05, 4.69) is 28.6 Å². The zero-order valence-electron chi connectivity index (χ0n) is 16.2. The smallest absolute Gasteiger partial charge is 0.327 e. The molecule has 28 heavy (non-hydrogen) atoms. The Balaban J connectivity index is 5.24. The van der Waals surface area contributed by atoms with E-state index in [1.807, 2.05) is 6.26 Å². The molecule has 0 aromatic rings. The van der Waals surface area contributed by atoms with Crippen molar-refractivity contribution in [1.82, 2.24) is 16.0 Å². The predicted molar refractivity (Wildman–Crippen MR) is 110 cm³/mol. The van der Waals surface area contributed by atoms with Crippen molar-refractivity contribution in [2.75, 3.05) is 24.4 Å². The molecule has 10 nitrogen and oxygen atoms in total. The van der Waals surface area contributed by atoms with Crippen LogP contribution in [0.5, 0.6) is 0 Å². The Kier molecular flexibility index (Phi) is 12.9. The van der Waals surface area contributed by atoms with Gasteiger partial charge in [-0.25, -0.2) is 4.79 Å². The molecule has 0 saturated carbocycles. The first-order chi connectivity index (χ1) is 13.1. The van der Waals surface area contributed by atoms with Crippen molar-refractivity contribution in [3.63, 3.8) is 0 Å². The van der Waals surface area contributed by atoms with E-state index < -0.39 is 54.5 Å². The van der Waals surface area contributed by atoms with Gasteiger partial charge in [0, 0.05) is 5.75 Å². The summed E-state index contributed by atoms with van der Waals surface area (Å²) in [7, 11) is 0. The van der Waals surface area contributed by atoms with Crippen molar-refractivity contribution < 1.29 is 29.4 Å². The third-order valence-electron chi connectivity index (χ3n) is 3.82. The quantitative estimate of drug-likeness (QED) is 0.165. The van der Waals surface area contributed by atoms with Gasteiger partial charge in [0.05, 0.1) is 6.61 Å². The van der Waals surface area contributed by atoms with Gasteiger partial charge in [-0.15, -0.1) is 0 Å². The Morgan fingerprint density at radius 1 is 1.04 bits per heavy atom. The Morgan fingerprint density at radius 2 is 1.61 bits per heavy atom. The van der Waals surface area contributed by atoms with Gasteiger partial charge in [0.1, 0.15) is 24.2 Å². The monoisotopic (exact) mass is 438 g/mol. The average Bonchev–Trinajstić information content (AvgIpc) is 2.65. The number of thioether (sulfide) groups is 1. The molecule has 0 fully saturated rings. The second-order valence-electron chi connectivity index (χ2n) is 6.44. The number of carbonyl (C=O) groups is 4. The molecule has 3 amide bonds. The summed E-state index contributed by atoms with van der Waals surface area (Å²) in [4.78, 5) is 48.1. The average molecular weight is 439 g/mol. The van der Waals surface area contributed by atoms with Crippen molar-refractivity contribution in [2.24, 2.45) is 11.7 Å². The highest BCUT2D eigenvalue weighted by Crippen LogP contribution is 2.07. The summed E-state index contributed by atoms with van der Waals surface area (Å²) in [6, 6.07) is -4.31. The zero-order chi connectivity index (χ0) is 21.9. The molecule has 0 aromatic heterocycles. The molecule has 7 N–H and O–H groups in total. The van der Waals surface area contributed by atoms with E-state index in [0.717, 1.165) is 0 Å². The first kappa shape index (κ1) is 26.5. The lowest BCUT2D eigenvalue weighted by Gasteiger charge is -2.26. The first-order valence-electron chi connectivity index (χ1n) is 8.69. The van der Waals surface area contributed by atoms with Crippen LogP contribution in [0.4, 0.5) is 0 Å². The summed E-state index contributed by atoms with van der Waals surface area (Å²) in [6.45, 7) is 2.82. The number of nitrogens with one attached hydrogen (secondary N) is 3. The fourth-order valence-corrected chi connectivity index (χ4v) is 2.82. The van der Waals surface area contributed by atoms with Crippen LogP contribution < -0.4 is 21.7 Å². The first-order valence-corrected chi connectivity index (χ1v) is 10.7. The lowest BCUT2D eigenvalue weighted by molar-refractivity contribution is -0.142. The summed E-state index contributed by atoms with van der Waals surface area (Å²) in [5.41, 5.74) is 5.46. The molecule has 0 bridgehead atoms. The van der Waals surface area contributed by atoms with Gasteiger partial charge in [-0.3, -0.25) is 14.4 Å². The summed E-state index contributed by atoms with van der Waals surface area (Å²) >= 11 is 5.36. The summed E-state index contributed by atoms with van der Waals surface area (Å²) in [6.07, 6.45) is 2.13. The van der Waals surface area contributed by atoms with Crippen LogP contribution in [0.2, 0.25) is 0 Å². The molecule has 12 heteroatoms. The number of carboxylic acids is 1. The van der Waals surface area contributed by atoms with Crippen LogP contribution in [-0.2, 0) is 19.2 Å². The van der Waals surface area contributed by atoms with E-state index in [1.165, 1.54) is 11.8 Å². The van der Waals surface area contributed by atoms with Crippen LogP contribution in [-0.4, -0.2) is 82.4 Å². The van der Waals surface area contributed by atoms with Crippen LogP contribution in [0.1, 0.15) is 20.3 Å². The molecule has 0 aliphatic heterocycles. The molecule has 4 atom stereocenters. The number of carbonyl (C=O) groups excluding carboxylic acids is 3. The molecule has 0 saturated heterocycles. The number of amides is 3. The minimum Gasteiger partial charge on any atom is -0.480 e. The van der Waals surface area contributed by atoms with Gasteiger partial charge in [-0.1, -0.05) is 13.8 Å². The van der Waals surface area contributed by atoms with Crippen molar-refractivity contribution in [3.8, 4) is 0 Å². The van der Waals surface area contributed by atoms with Crippen LogP contribution >= 0.6 is 24.4 Å². The van der Waals surface area contributed by atoms with E-state index in [-0.39, 0.29) is 18.1 Å².